The van der Waals surface area contributed by atoms with Crippen LogP contribution in [0.5, 0.6) is 0 Å². The van der Waals surface area contributed by atoms with Gasteiger partial charge in [-0.25, -0.2) is 9.59 Å². The van der Waals surface area contributed by atoms with Crippen molar-refractivity contribution < 1.29 is 19.1 Å². The normalized spacial score (nSPS) is 13.1. The first-order valence-corrected chi connectivity index (χ1v) is 12.6. The molecule has 0 unspecified atom stereocenters. The van der Waals surface area contributed by atoms with Gasteiger partial charge in [-0.05, 0) is 66.6 Å². The number of ether oxygens (including phenoxy) is 2. The number of esters is 2. The largest absolute Gasteiger partial charge is 0.463 e. The predicted octanol–water partition coefficient (Wildman–Crippen LogP) is 7.26. The highest BCUT2D eigenvalue weighted by Crippen LogP contribution is 2.56. The molecule has 3 rings (SSSR count). The van der Waals surface area contributed by atoms with E-state index in [4.69, 9.17) is 9.47 Å². The minimum atomic E-state index is -0.421. The van der Waals surface area contributed by atoms with E-state index in [1.165, 1.54) is 34.4 Å². The number of hydrogen-bond acceptors (Lipinski definition) is 4. The smallest absolute Gasteiger partial charge is 0.330 e. The lowest BCUT2D eigenvalue weighted by molar-refractivity contribution is -0.138. The van der Waals surface area contributed by atoms with Crippen molar-refractivity contribution in [1.29, 1.82) is 0 Å². The minimum Gasteiger partial charge on any atom is -0.463 e. The molecule has 0 atom stereocenters. The molecule has 0 aliphatic heterocycles. The van der Waals surface area contributed by atoms with Crippen LogP contribution in [0.2, 0.25) is 0 Å². The summed E-state index contributed by atoms with van der Waals surface area (Å²) in [6, 6.07) is 10.6. The van der Waals surface area contributed by atoms with Gasteiger partial charge in [0.2, 0.25) is 0 Å². The molecule has 2 aromatic carbocycles. The van der Waals surface area contributed by atoms with E-state index in [0.717, 1.165) is 26.3 Å². The summed E-state index contributed by atoms with van der Waals surface area (Å²) in [6.45, 7) is 7.53. The number of carbonyl (C=O) groups is 2. The van der Waals surface area contributed by atoms with Gasteiger partial charge in [0, 0.05) is 36.5 Å². The van der Waals surface area contributed by atoms with Crippen LogP contribution in [0.25, 0.3) is 11.1 Å². The molecule has 0 heterocycles. The second-order valence-electron chi connectivity index (χ2n) is 7.53. The molecule has 0 aromatic heterocycles. The zero-order valence-electron chi connectivity index (χ0n) is 17.5. The van der Waals surface area contributed by atoms with Crippen molar-refractivity contribution >= 4 is 59.7 Å². The van der Waals surface area contributed by atoms with Crippen molar-refractivity contribution in [2.45, 2.75) is 31.1 Å². The summed E-state index contributed by atoms with van der Waals surface area (Å²) in [5.74, 6) is -0.841. The van der Waals surface area contributed by atoms with Crippen molar-refractivity contribution in [1.82, 2.24) is 0 Å². The van der Waals surface area contributed by atoms with E-state index in [9.17, 15) is 9.59 Å². The Balaban J connectivity index is 2.01. The highest BCUT2D eigenvalue weighted by Gasteiger charge is 2.43. The molecule has 32 heavy (non-hydrogen) atoms. The van der Waals surface area contributed by atoms with Gasteiger partial charge in [0.05, 0.1) is 13.2 Å². The van der Waals surface area contributed by atoms with E-state index in [0.29, 0.717) is 26.1 Å². The number of carbonyl (C=O) groups excluding carboxylic acids is 2. The molecule has 0 saturated heterocycles. The number of hydrogen-bond donors (Lipinski definition) is 0. The Hall–Kier alpha value is -1.70. The van der Waals surface area contributed by atoms with E-state index >= 15 is 0 Å². The Bertz CT molecular complexity index is 1030. The summed E-state index contributed by atoms with van der Waals surface area (Å²) in [4.78, 5) is 23.0. The SMILES string of the molecule is C=CC(=O)OCCCC1(CCCOC(=O)C=C)c2cc(Br)ccc2-c2c(Br)cc(Br)cc21. The van der Waals surface area contributed by atoms with E-state index in [1.807, 2.05) is 6.07 Å². The van der Waals surface area contributed by atoms with Gasteiger partial charge in [-0.15, -0.1) is 0 Å². The van der Waals surface area contributed by atoms with Crippen molar-refractivity contribution in [3.05, 3.63) is 80.2 Å². The van der Waals surface area contributed by atoms with Crippen LogP contribution in [0.1, 0.15) is 36.8 Å². The Morgan fingerprint density at radius 3 is 1.97 bits per heavy atom. The fourth-order valence-electron chi connectivity index (χ4n) is 4.38. The van der Waals surface area contributed by atoms with Crippen LogP contribution in [-0.2, 0) is 24.5 Å². The van der Waals surface area contributed by atoms with Gasteiger partial charge in [-0.1, -0.05) is 67.0 Å². The average Bonchev–Trinajstić information content (AvgIpc) is 3.03. The zero-order valence-corrected chi connectivity index (χ0v) is 22.2. The molecule has 7 heteroatoms. The maximum Gasteiger partial charge on any atom is 0.330 e. The standard InChI is InChI=1S/C25H23Br3O4/c1-3-22(29)31-11-5-9-25(10-6-12-32-23(30)4-2)19-13-16(26)7-8-18(19)24-20(25)14-17(27)15-21(24)28/h3-4,7-8,13-15H,1-2,5-6,9-12H2. The lowest BCUT2D eigenvalue weighted by Crippen LogP contribution is -2.27. The van der Waals surface area contributed by atoms with Crippen LogP contribution in [0.4, 0.5) is 0 Å². The summed E-state index contributed by atoms with van der Waals surface area (Å²) in [7, 11) is 0. The lowest BCUT2D eigenvalue weighted by atomic mass is 9.71. The minimum absolute atomic E-state index is 0.311. The number of benzene rings is 2. The fraction of sp³-hybridized carbons (Fsp3) is 0.280. The van der Waals surface area contributed by atoms with Crippen molar-refractivity contribution in [2.24, 2.45) is 0 Å². The average molecular weight is 627 g/mol. The first-order valence-electron chi connectivity index (χ1n) is 10.2. The first kappa shape index (κ1) is 24.9. The molecule has 0 N–H and O–H groups in total. The fourth-order valence-corrected chi connectivity index (χ4v) is 6.18. The van der Waals surface area contributed by atoms with Crippen molar-refractivity contribution in [2.75, 3.05) is 13.2 Å². The van der Waals surface area contributed by atoms with Crippen LogP contribution in [0, 0.1) is 0 Å². The molecule has 0 saturated carbocycles. The van der Waals surface area contributed by atoms with Gasteiger partial charge in [0.1, 0.15) is 0 Å². The molecule has 0 bridgehead atoms. The van der Waals surface area contributed by atoms with Crippen molar-refractivity contribution in [3.63, 3.8) is 0 Å². The third-order valence-corrected chi connectivity index (χ3v) is 7.23. The van der Waals surface area contributed by atoms with E-state index in [2.05, 4.69) is 85.2 Å². The van der Waals surface area contributed by atoms with Gasteiger partial charge in [0.15, 0.2) is 0 Å². The molecular weight excluding hydrogens is 604 g/mol. The predicted molar refractivity (Wildman–Crippen MR) is 137 cm³/mol. The molecule has 0 amide bonds. The Labute approximate surface area is 213 Å². The monoisotopic (exact) mass is 624 g/mol. The van der Waals surface area contributed by atoms with Gasteiger partial charge in [-0.3, -0.25) is 0 Å². The maximum absolute atomic E-state index is 11.5. The van der Waals surface area contributed by atoms with Gasteiger partial charge >= 0.3 is 11.9 Å². The third kappa shape index (κ3) is 5.26. The Morgan fingerprint density at radius 2 is 1.41 bits per heavy atom. The van der Waals surface area contributed by atoms with Crippen LogP contribution in [0.15, 0.2) is 69.1 Å². The highest BCUT2D eigenvalue weighted by atomic mass is 79.9. The Morgan fingerprint density at radius 1 is 0.844 bits per heavy atom. The van der Waals surface area contributed by atoms with Gasteiger partial charge in [-0.2, -0.15) is 0 Å². The van der Waals surface area contributed by atoms with Crippen LogP contribution in [0.3, 0.4) is 0 Å². The lowest BCUT2D eigenvalue weighted by Gasteiger charge is -2.33. The van der Waals surface area contributed by atoms with Gasteiger partial charge in [0.25, 0.3) is 0 Å². The van der Waals surface area contributed by atoms with E-state index in [1.54, 1.807) is 0 Å². The summed E-state index contributed by atoms with van der Waals surface area (Å²) in [5, 5.41) is 0. The van der Waals surface area contributed by atoms with Crippen LogP contribution < -0.4 is 0 Å². The number of rotatable bonds is 10. The topological polar surface area (TPSA) is 52.6 Å². The molecule has 0 spiro atoms. The third-order valence-electron chi connectivity index (χ3n) is 5.65. The second-order valence-corrected chi connectivity index (χ2v) is 10.2. The summed E-state index contributed by atoms with van der Waals surface area (Å²) < 4.78 is 13.5. The molecule has 2 aromatic rings. The maximum atomic E-state index is 11.5. The van der Waals surface area contributed by atoms with Crippen molar-refractivity contribution in [3.8, 4) is 11.1 Å². The van der Waals surface area contributed by atoms with Gasteiger partial charge < -0.3 is 9.47 Å². The quantitative estimate of drug-likeness (QED) is 0.158. The zero-order chi connectivity index (χ0) is 23.3. The van der Waals surface area contributed by atoms with E-state index in [-0.39, 0.29) is 5.41 Å². The second kappa shape index (κ2) is 10.9. The molecule has 0 radical (unpaired) electrons. The van der Waals surface area contributed by atoms with Crippen LogP contribution >= 0.6 is 47.8 Å². The van der Waals surface area contributed by atoms with E-state index < -0.39 is 11.9 Å². The summed E-state index contributed by atoms with van der Waals surface area (Å²) in [6.07, 6.45) is 5.26. The first-order chi connectivity index (χ1) is 15.3. The summed E-state index contributed by atoms with van der Waals surface area (Å²) in [5.41, 5.74) is 4.44. The molecule has 1 aliphatic carbocycles. The Kier molecular flexibility index (Phi) is 8.53. The van der Waals surface area contributed by atoms with Crippen LogP contribution in [-0.4, -0.2) is 25.2 Å². The molecule has 1 aliphatic rings. The molecule has 4 nitrogen and oxygen atoms in total. The molecule has 168 valence electrons. The number of halogens is 3. The molecular formula is C25H23Br3O4. The molecule has 0 fully saturated rings. The number of fused-ring (bicyclic) bond motifs is 3. The highest BCUT2D eigenvalue weighted by molar-refractivity contribution is 9.11. The summed E-state index contributed by atoms with van der Waals surface area (Å²) >= 11 is 11.0.